The minimum absolute atomic E-state index is 0.395. The second-order valence-electron chi connectivity index (χ2n) is 7.33. The van der Waals surface area contributed by atoms with Crippen LogP contribution in [0.25, 0.3) is 11.6 Å². The fourth-order valence-electron chi connectivity index (χ4n) is 3.53. The van der Waals surface area contributed by atoms with Gasteiger partial charge in [0.2, 0.25) is 5.82 Å². The van der Waals surface area contributed by atoms with E-state index in [0.717, 1.165) is 49.3 Å². The van der Waals surface area contributed by atoms with E-state index < -0.39 is 0 Å². The molecule has 1 aliphatic heterocycles. The third-order valence-corrected chi connectivity index (χ3v) is 5.42. The van der Waals surface area contributed by atoms with Crippen LogP contribution < -0.4 is 10.6 Å². The molecule has 2 aromatic heterocycles. The maximum atomic E-state index is 5.97. The van der Waals surface area contributed by atoms with Gasteiger partial charge in [-0.3, -0.25) is 15.0 Å². The zero-order valence-electron chi connectivity index (χ0n) is 16.9. The molecule has 1 aliphatic rings. The highest BCUT2D eigenvalue weighted by atomic mass is 35.5. The van der Waals surface area contributed by atoms with Gasteiger partial charge in [0.15, 0.2) is 11.7 Å². The van der Waals surface area contributed by atoms with E-state index in [1.165, 1.54) is 5.56 Å². The molecule has 1 saturated heterocycles. The molecule has 0 unspecified atom stereocenters. The average molecular weight is 428 g/mol. The second kappa shape index (κ2) is 9.77. The van der Waals surface area contributed by atoms with Crippen molar-refractivity contribution in [3.63, 3.8) is 0 Å². The van der Waals surface area contributed by atoms with Gasteiger partial charge in [0.05, 0.1) is 12.8 Å². The molecule has 0 aliphatic carbocycles. The van der Waals surface area contributed by atoms with Crippen LogP contribution in [-0.2, 0) is 13.1 Å². The monoisotopic (exact) mass is 427 g/mol. The van der Waals surface area contributed by atoms with Crippen LogP contribution >= 0.6 is 11.6 Å². The normalized spacial score (nSPS) is 16.0. The van der Waals surface area contributed by atoms with Crippen molar-refractivity contribution in [2.45, 2.75) is 32.0 Å². The molecule has 4 rings (SSSR count). The molecule has 3 aromatic rings. The first kappa shape index (κ1) is 20.4. The predicted octanol–water partition coefficient (Wildman–Crippen LogP) is 3.05. The Morgan fingerprint density at radius 2 is 2.07 bits per heavy atom. The van der Waals surface area contributed by atoms with E-state index in [-0.39, 0.29) is 0 Å². The number of furan rings is 1. The van der Waals surface area contributed by atoms with Gasteiger partial charge in [-0.2, -0.15) is 0 Å². The molecule has 0 atom stereocenters. The number of hydrogen-bond donors (Lipinski definition) is 3. The summed E-state index contributed by atoms with van der Waals surface area (Å²) >= 11 is 5.97. The summed E-state index contributed by atoms with van der Waals surface area (Å²) in [6, 6.07) is 12.1. The standard InChI is InChI=1S/C21H26ClN7O/c1-23-21(24-13-19-26-20(28-27-19)18-3-2-12-30-18)25-17-8-10-29(11-9-17)14-15-4-6-16(22)7-5-15/h2-7,12,17H,8-11,13-14H2,1H3,(H2,23,24,25)(H,26,27,28). The number of likely N-dealkylation sites (tertiary alicyclic amines) is 1. The first-order valence-corrected chi connectivity index (χ1v) is 10.5. The summed E-state index contributed by atoms with van der Waals surface area (Å²) in [6.07, 6.45) is 3.74. The lowest BCUT2D eigenvalue weighted by atomic mass is 10.0. The van der Waals surface area contributed by atoms with Gasteiger partial charge in [-0.05, 0) is 42.7 Å². The fourth-order valence-corrected chi connectivity index (χ4v) is 3.66. The Bertz CT molecular complexity index is 944. The Hall–Kier alpha value is -2.84. The zero-order chi connectivity index (χ0) is 20.8. The third kappa shape index (κ3) is 5.40. The second-order valence-corrected chi connectivity index (χ2v) is 7.77. The SMILES string of the molecule is CN=C(NCc1nc(-c2ccco2)n[nH]1)NC1CCN(Cc2ccc(Cl)cc2)CC1. The van der Waals surface area contributed by atoms with E-state index in [4.69, 9.17) is 16.0 Å². The van der Waals surface area contributed by atoms with Gasteiger partial charge in [-0.1, -0.05) is 23.7 Å². The number of aliphatic imine (C=N–C) groups is 1. The van der Waals surface area contributed by atoms with Crippen LogP contribution in [0.2, 0.25) is 5.02 Å². The number of piperidine rings is 1. The first-order valence-electron chi connectivity index (χ1n) is 10.1. The van der Waals surface area contributed by atoms with E-state index in [2.05, 4.69) is 47.8 Å². The van der Waals surface area contributed by atoms with Gasteiger partial charge in [0.25, 0.3) is 0 Å². The van der Waals surface area contributed by atoms with Crippen LogP contribution in [0.15, 0.2) is 52.1 Å². The summed E-state index contributed by atoms with van der Waals surface area (Å²) in [5, 5.41) is 14.7. The van der Waals surface area contributed by atoms with E-state index in [1.54, 1.807) is 13.3 Å². The van der Waals surface area contributed by atoms with Gasteiger partial charge in [-0.25, -0.2) is 4.98 Å². The molecule has 0 bridgehead atoms. The van der Waals surface area contributed by atoms with Crippen molar-refractivity contribution < 1.29 is 4.42 Å². The average Bonchev–Trinajstić information content (AvgIpc) is 3.46. The fraction of sp³-hybridized carbons (Fsp3) is 0.381. The number of benzene rings is 1. The molecule has 158 valence electrons. The van der Waals surface area contributed by atoms with E-state index >= 15 is 0 Å². The van der Waals surface area contributed by atoms with Crippen molar-refractivity contribution in [1.82, 2.24) is 30.7 Å². The first-order chi connectivity index (χ1) is 14.7. The zero-order valence-corrected chi connectivity index (χ0v) is 17.7. The molecular weight excluding hydrogens is 402 g/mol. The quantitative estimate of drug-likeness (QED) is 0.413. The number of nitrogens with one attached hydrogen (secondary N) is 3. The molecular formula is C21H26ClN7O. The lowest BCUT2D eigenvalue weighted by Crippen LogP contribution is -2.48. The summed E-state index contributed by atoms with van der Waals surface area (Å²) in [7, 11) is 1.78. The van der Waals surface area contributed by atoms with Crippen LogP contribution in [-0.4, -0.2) is 52.2 Å². The molecule has 8 nitrogen and oxygen atoms in total. The highest BCUT2D eigenvalue weighted by Gasteiger charge is 2.20. The summed E-state index contributed by atoms with van der Waals surface area (Å²) < 4.78 is 5.32. The van der Waals surface area contributed by atoms with Crippen LogP contribution in [0.3, 0.4) is 0 Å². The minimum atomic E-state index is 0.395. The van der Waals surface area contributed by atoms with Crippen LogP contribution in [0.4, 0.5) is 0 Å². The molecule has 0 radical (unpaired) electrons. The molecule has 30 heavy (non-hydrogen) atoms. The number of nitrogens with zero attached hydrogens (tertiary/aromatic N) is 4. The molecule has 3 N–H and O–H groups in total. The molecule has 9 heteroatoms. The molecule has 3 heterocycles. The van der Waals surface area contributed by atoms with Gasteiger partial charge in [-0.15, -0.1) is 5.10 Å². The number of aromatic amines is 1. The van der Waals surface area contributed by atoms with E-state index in [9.17, 15) is 0 Å². The summed E-state index contributed by atoms with van der Waals surface area (Å²) in [6.45, 7) is 3.56. The third-order valence-electron chi connectivity index (χ3n) is 5.17. The Balaban J connectivity index is 1.21. The Labute approximate surface area is 180 Å². The van der Waals surface area contributed by atoms with Crippen LogP contribution in [0.5, 0.6) is 0 Å². The highest BCUT2D eigenvalue weighted by molar-refractivity contribution is 6.30. The Morgan fingerprint density at radius 1 is 1.27 bits per heavy atom. The van der Waals surface area contributed by atoms with Gasteiger partial charge >= 0.3 is 0 Å². The lowest BCUT2D eigenvalue weighted by Gasteiger charge is -2.33. The van der Waals surface area contributed by atoms with Crippen molar-refractivity contribution in [2.75, 3.05) is 20.1 Å². The predicted molar refractivity (Wildman–Crippen MR) is 117 cm³/mol. The molecule has 1 fully saturated rings. The van der Waals surface area contributed by atoms with Crippen molar-refractivity contribution in [1.29, 1.82) is 0 Å². The molecule has 0 spiro atoms. The molecule has 0 amide bonds. The molecule has 0 saturated carbocycles. The maximum Gasteiger partial charge on any atom is 0.216 e. The van der Waals surface area contributed by atoms with E-state index in [0.29, 0.717) is 24.2 Å². The molecule has 1 aromatic carbocycles. The van der Waals surface area contributed by atoms with Gasteiger partial charge in [0.1, 0.15) is 5.82 Å². The van der Waals surface area contributed by atoms with Crippen LogP contribution in [0.1, 0.15) is 24.2 Å². The number of rotatable bonds is 6. The topological polar surface area (TPSA) is 94.4 Å². The minimum Gasteiger partial charge on any atom is -0.461 e. The number of hydrogen-bond acceptors (Lipinski definition) is 5. The van der Waals surface area contributed by atoms with Gasteiger partial charge in [0, 0.05) is 37.7 Å². The van der Waals surface area contributed by atoms with Crippen molar-refractivity contribution in [3.8, 4) is 11.6 Å². The lowest BCUT2D eigenvalue weighted by molar-refractivity contribution is 0.198. The summed E-state index contributed by atoms with van der Waals surface area (Å²) in [5.74, 6) is 2.68. The van der Waals surface area contributed by atoms with Crippen molar-refractivity contribution in [2.24, 2.45) is 4.99 Å². The number of H-pyrrole nitrogens is 1. The number of guanidine groups is 1. The van der Waals surface area contributed by atoms with Crippen molar-refractivity contribution >= 4 is 17.6 Å². The largest absolute Gasteiger partial charge is 0.461 e. The smallest absolute Gasteiger partial charge is 0.216 e. The summed E-state index contributed by atoms with van der Waals surface area (Å²) in [5.41, 5.74) is 1.30. The highest BCUT2D eigenvalue weighted by Crippen LogP contribution is 2.16. The summed E-state index contributed by atoms with van der Waals surface area (Å²) in [4.78, 5) is 11.3. The van der Waals surface area contributed by atoms with Crippen molar-refractivity contribution in [3.05, 3.63) is 59.1 Å². The van der Waals surface area contributed by atoms with E-state index in [1.807, 2.05) is 24.3 Å². The number of halogens is 1. The van der Waals surface area contributed by atoms with Crippen LogP contribution in [0, 0.1) is 0 Å². The Morgan fingerprint density at radius 3 is 2.77 bits per heavy atom. The van der Waals surface area contributed by atoms with Gasteiger partial charge < -0.3 is 15.1 Å². The Kier molecular flexibility index (Phi) is 6.66. The number of aromatic nitrogens is 3. The maximum absolute atomic E-state index is 5.97.